The number of benzene rings is 1. The molecule has 2 unspecified atom stereocenters. The normalized spacial score (nSPS) is 27.0. The fourth-order valence-electron chi connectivity index (χ4n) is 7.84. The van der Waals surface area contributed by atoms with E-state index in [4.69, 9.17) is 0 Å². The quantitative estimate of drug-likeness (QED) is 0.181. The second-order valence-corrected chi connectivity index (χ2v) is 14.7. The minimum atomic E-state index is 0. The topological polar surface area (TPSA) is 3.24 Å². The fraction of sp³-hybridized carbons (Fsp3) is 0.590. The summed E-state index contributed by atoms with van der Waals surface area (Å²) in [6.07, 6.45) is 24.7. The van der Waals surface area contributed by atoms with Crippen molar-refractivity contribution in [1.82, 2.24) is 4.90 Å². The number of allylic oxidation sites excluding steroid dienone is 6. The molecule has 2 atom stereocenters. The van der Waals surface area contributed by atoms with Gasteiger partial charge in [-0.1, -0.05) is 95.2 Å². The Morgan fingerprint density at radius 1 is 0.975 bits per heavy atom. The van der Waals surface area contributed by atoms with Crippen molar-refractivity contribution in [3.8, 4) is 0 Å². The van der Waals surface area contributed by atoms with E-state index in [0.717, 1.165) is 11.8 Å². The molecule has 2 fully saturated rings. The van der Waals surface area contributed by atoms with Gasteiger partial charge in [-0.2, -0.15) is 0 Å². The van der Waals surface area contributed by atoms with Crippen LogP contribution in [0.3, 0.4) is 0 Å². The van der Waals surface area contributed by atoms with E-state index in [2.05, 4.69) is 101 Å². The molecule has 217 valence electrons. The van der Waals surface area contributed by atoms with Crippen LogP contribution in [0.1, 0.15) is 117 Å². The summed E-state index contributed by atoms with van der Waals surface area (Å²) in [5.74, 6) is 2.47. The van der Waals surface area contributed by atoms with Gasteiger partial charge in [0.2, 0.25) is 0 Å². The first kappa shape index (κ1) is 29.4. The molecule has 1 heteroatoms. The molecule has 1 aromatic carbocycles. The van der Waals surface area contributed by atoms with E-state index in [-0.39, 0.29) is 12.3 Å². The van der Waals surface area contributed by atoms with E-state index in [1.807, 2.05) is 0 Å². The largest absolute Gasteiger partial charge is 0.303 e. The SMILES string of the molecule is C=C=C(/C=C\C=C(/C)c1ccc2c(c1)C(C)(C)CCC2(C)C)C1CCCC(C2CCN(CCC3=C[CH]3)CC2)CC1.[HH]. The molecule has 0 bridgehead atoms. The highest BCUT2D eigenvalue weighted by Crippen LogP contribution is 2.46. The second kappa shape index (κ2) is 12.4. The number of piperidine rings is 1. The van der Waals surface area contributed by atoms with Crippen LogP contribution in [0.5, 0.6) is 0 Å². The number of hydrogen-bond acceptors (Lipinski definition) is 1. The van der Waals surface area contributed by atoms with Crippen LogP contribution in [0, 0.1) is 24.2 Å². The Balaban J connectivity index is 0.00000387. The molecule has 1 aromatic rings. The molecule has 1 radical (unpaired) electrons. The summed E-state index contributed by atoms with van der Waals surface area (Å²) in [6, 6.07) is 7.21. The van der Waals surface area contributed by atoms with Crippen molar-refractivity contribution in [2.75, 3.05) is 19.6 Å². The molecule has 3 aliphatic carbocycles. The molecule has 1 saturated carbocycles. The summed E-state index contributed by atoms with van der Waals surface area (Å²) in [5, 5.41) is 0. The molecule has 5 rings (SSSR count). The molecule has 4 aliphatic rings. The van der Waals surface area contributed by atoms with Gasteiger partial charge in [-0.05, 0) is 128 Å². The number of fused-ring (bicyclic) bond motifs is 1. The fourth-order valence-corrected chi connectivity index (χ4v) is 7.84. The Bertz CT molecular complexity index is 1200. The third-order valence-electron chi connectivity index (χ3n) is 11.0. The van der Waals surface area contributed by atoms with Crippen molar-refractivity contribution < 1.29 is 1.43 Å². The average Bonchev–Trinajstić information content (AvgIpc) is 3.80. The van der Waals surface area contributed by atoms with Gasteiger partial charge in [0.1, 0.15) is 0 Å². The molecule has 40 heavy (non-hydrogen) atoms. The maximum absolute atomic E-state index is 4.11. The van der Waals surface area contributed by atoms with Crippen molar-refractivity contribution in [3.05, 3.63) is 89.1 Å². The molecule has 1 aliphatic heterocycles. The third-order valence-corrected chi connectivity index (χ3v) is 11.0. The first-order valence-corrected chi connectivity index (χ1v) is 16.3. The van der Waals surface area contributed by atoms with Crippen LogP contribution in [0.4, 0.5) is 0 Å². The van der Waals surface area contributed by atoms with E-state index in [9.17, 15) is 0 Å². The third kappa shape index (κ3) is 7.03. The van der Waals surface area contributed by atoms with Gasteiger partial charge in [-0.25, -0.2) is 0 Å². The van der Waals surface area contributed by atoms with Crippen molar-refractivity contribution >= 4 is 5.57 Å². The van der Waals surface area contributed by atoms with Crippen LogP contribution in [-0.2, 0) is 10.8 Å². The van der Waals surface area contributed by atoms with Gasteiger partial charge in [0.15, 0.2) is 0 Å². The second-order valence-electron chi connectivity index (χ2n) is 14.7. The molecule has 0 spiro atoms. The Kier molecular flexibility index (Phi) is 9.14. The maximum Gasteiger partial charge on any atom is 0.00807 e. The highest BCUT2D eigenvalue weighted by atomic mass is 15.1. The lowest BCUT2D eigenvalue weighted by molar-refractivity contribution is 0.140. The van der Waals surface area contributed by atoms with Crippen LogP contribution < -0.4 is 0 Å². The van der Waals surface area contributed by atoms with Crippen LogP contribution in [0.15, 0.2) is 66.0 Å². The highest BCUT2D eigenvalue weighted by Gasteiger charge is 2.37. The summed E-state index contributed by atoms with van der Waals surface area (Å²) in [4.78, 5) is 2.70. The highest BCUT2D eigenvalue weighted by molar-refractivity contribution is 5.67. The molecule has 0 N–H and O–H groups in total. The smallest absolute Gasteiger partial charge is 0.00807 e. The van der Waals surface area contributed by atoms with Gasteiger partial charge in [-0.3, -0.25) is 0 Å². The average molecular weight is 539 g/mol. The van der Waals surface area contributed by atoms with Gasteiger partial charge in [0.05, 0.1) is 0 Å². The van der Waals surface area contributed by atoms with Gasteiger partial charge in [0.25, 0.3) is 0 Å². The van der Waals surface area contributed by atoms with Crippen molar-refractivity contribution in [2.45, 2.75) is 110 Å². The lowest BCUT2D eigenvalue weighted by atomic mass is 9.63. The minimum absolute atomic E-state index is 0. The molecular weight excluding hydrogens is 482 g/mol. The van der Waals surface area contributed by atoms with Gasteiger partial charge in [-0.15, -0.1) is 5.73 Å². The Morgan fingerprint density at radius 2 is 1.68 bits per heavy atom. The molecule has 1 heterocycles. The zero-order valence-electron chi connectivity index (χ0n) is 26.2. The van der Waals surface area contributed by atoms with E-state index < -0.39 is 0 Å². The van der Waals surface area contributed by atoms with Gasteiger partial charge in [0, 0.05) is 14.4 Å². The first-order valence-electron chi connectivity index (χ1n) is 16.3. The Morgan fingerprint density at radius 3 is 2.38 bits per heavy atom. The lowest BCUT2D eigenvalue weighted by Gasteiger charge is -2.42. The van der Waals surface area contributed by atoms with Crippen LogP contribution in [0.2, 0.25) is 0 Å². The van der Waals surface area contributed by atoms with Crippen LogP contribution >= 0.6 is 0 Å². The summed E-state index contributed by atoms with van der Waals surface area (Å²) < 4.78 is 0. The molecule has 1 nitrogen and oxygen atoms in total. The number of rotatable bonds is 8. The summed E-state index contributed by atoms with van der Waals surface area (Å²) in [6.45, 7) is 19.9. The predicted octanol–water partition coefficient (Wildman–Crippen LogP) is 10.4. The van der Waals surface area contributed by atoms with E-state index in [1.54, 1.807) is 5.57 Å². The minimum Gasteiger partial charge on any atom is -0.303 e. The summed E-state index contributed by atoms with van der Waals surface area (Å²) >= 11 is 0. The standard InChI is InChI=1S/C39H54N.H2/c1-7-31(11-8-10-29(2)35-18-19-36-37(28-35)39(5,6)24-23-38(36,3)4)32-12-9-13-33(17-16-32)34-21-26-40(27-22-34)25-20-30-14-15-30;/h8,10-11,14-15,18-19,28,32-34H,1,9,12-13,16-17,20-27H2,2-6H3;1H/b11-8-,29-10+;. The van der Waals surface area contributed by atoms with Crippen molar-refractivity contribution in [3.63, 3.8) is 0 Å². The molecular formula is C39H56N. The maximum atomic E-state index is 4.11. The number of hydrogen-bond donors (Lipinski definition) is 0. The van der Waals surface area contributed by atoms with E-state index >= 15 is 0 Å². The van der Waals surface area contributed by atoms with Crippen LogP contribution in [0.25, 0.3) is 5.57 Å². The summed E-state index contributed by atoms with van der Waals surface area (Å²) in [5.41, 5.74) is 12.5. The summed E-state index contributed by atoms with van der Waals surface area (Å²) in [7, 11) is 0. The monoisotopic (exact) mass is 538 g/mol. The number of likely N-dealkylation sites (tertiary alicyclic amines) is 1. The zero-order valence-corrected chi connectivity index (χ0v) is 26.2. The lowest BCUT2D eigenvalue weighted by Crippen LogP contribution is -2.36. The van der Waals surface area contributed by atoms with Crippen LogP contribution in [-0.4, -0.2) is 24.5 Å². The molecule has 0 aromatic heterocycles. The zero-order chi connectivity index (χ0) is 28.3. The van der Waals surface area contributed by atoms with Crippen molar-refractivity contribution in [1.29, 1.82) is 0 Å². The molecule has 1 saturated heterocycles. The van der Waals surface area contributed by atoms with Gasteiger partial charge >= 0.3 is 0 Å². The molecule has 0 amide bonds. The first-order chi connectivity index (χ1) is 19.2. The Hall–Kier alpha value is -2.08. The van der Waals surface area contributed by atoms with Gasteiger partial charge < -0.3 is 4.90 Å². The number of nitrogens with zero attached hydrogens (tertiary/aromatic N) is 1. The predicted molar refractivity (Wildman–Crippen MR) is 176 cm³/mol. The Labute approximate surface area is 247 Å². The van der Waals surface area contributed by atoms with Crippen molar-refractivity contribution in [2.24, 2.45) is 17.8 Å². The van der Waals surface area contributed by atoms with E-state index in [1.165, 1.54) is 112 Å². The van der Waals surface area contributed by atoms with E-state index in [0.29, 0.717) is 5.92 Å².